The van der Waals surface area contributed by atoms with Gasteiger partial charge in [-0.25, -0.2) is 17.6 Å². The molecule has 0 saturated carbocycles. The molecule has 0 spiro atoms. The van der Waals surface area contributed by atoms with Crippen LogP contribution in [0.1, 0.15) is 17.3 Å². The van der Waals surface area contributed by atoms with E-state index in [0.29, 0.717) is 24.3 Å². The van der Waals surface area contributed by atoms with Crippen molar-refractivity contribution in [2.45, 2.75) is 18.0 Å². The summed E-state index contributed by atoms with van der Waals surface area (Å²) < 4.78 is 73.7. The average molecular weight is 590 g/mol. The van der Waals surface area contributed by atoms with Gasteiger partial charge < -0.3 is 25.1 Å². The van der Waals surface area contributed by atoms with Crippen molar-refractivity contribution in [2.24, 2.45) is 0 Å². The van der Waals surface area contributed by atoms with E-state index in [2.05, 4.69) is 26.8 Å². The van der Waals surface area contributed by atoms with Crippen LogP contribution in [-0.4, -0.2) is 100 Å². The van der Waals surface area contributed by atoms with E-state index in [4.69, 9.17) is 9.90 Å². The van der Waals surface area contributed by atoms with Crippen molar-refractivity contribution in [1.29, 1.82) is 0 Å². The molecule has 2 aliphatic rings. The van der Waals surface area contributed by atoms with Gasteiger partial charge in [0.1, 0.15) is 5.82 Å². The normalized spacial score (nSPS) is 16.6. The summed E-state index contributed by atoms with van der Waals surface area (Å²) in [6.07, 6.45) is -5.08. The first kappa shape index (κ1) is 31.1. The second-order valence-corrected chi connectivity index (χ2v) is 10.7. The predicted molar refractivity (Wildman–Crippen MR) is 140 cm³/mol. The van der Waals surface area contributed by atoms with Gasteiger partial charge in [0.25, 0.3) is 15.9 Å². The van der Waals surface area contributed by atoms with Crippen molar-refractivity contribution in [2.75, 3.05) is 68.5 Å². The Hall–Kier alpha value is -3.43. The Bertz CT molecular complexity index is 1280. The topological polar surface area (TPSA) is 122 Å². The monoisotopic (exact) mass is 589 g/mol. The first-order valence-corrected chi connectivity index (χ1v) is 14.0. The molecule has 3 N–H and O–H groups in total. The molecule has 0 radical (unpaired) electrons. The molecule has 15 heteroatoms. The second kappa shape index (κ2) is 13.3. The third-order valence-corrected chi connectivity index (χ3v) is 7.80. The molecule has 0 aliphatic carbocycles. The number of carbonyl (C=O) groups is 2. The second-order valence-electron chi connectivity index (χ2n) is 9.06. The molecule has 1 amide bonds. The summed E-state index contributed by atoms with van der Waals surface area (Å²) in [5, 5.41) is 10.4. The van der Waals surface area contributed by atoms with Crippen molar-refractivity contribution in [3.05, 3.63) is 53.8 Å². The highest BCUT2D eigenvalue weighted by Crippen LogP contribution is 2.30. The summed E-state index contributed by atoms with van der Waals surface area (Å²) in [6, 6.07) is 9.87. The van der Waals surface area contributed by atoms with Crippen LogP contribution < -0.4 is 14.9 Å². The maximum atomic E-state index is 13.3. The van der Waals surface area contributed by atoms with Gasteiger partial charge in [0.05, 0.1) is 16.3 Å². The van der Waals surface area contributed by atoms with E-state index in [1.54, 1.807) is 12.1 Å². The highest BCUT2D eigenvalue weighted by atomic mass is 32.2. The molecular weight excluding hydrogens is 558 g/mol. The molecule has 2 saturated heterocycles. The zero-order chi connectivity index (χ0) is 29.5. The molecule has 220 valence electrons. The maximum Gasteiger partial charge on any atom is 0.490 e. The first-order chi connectivity index (χ1) is 18.8. The van der Waals surface area contributed by atoms with Crippen LogP contribution >= 0.6 is 0 Å². The summed E-state index contributed by atoms with van der Waals surface area (Å²) in [6.45, 7) is 9.00. The van der Waals surface area contributed by atoms with Crippen LogP contribution in [0.15, 0.2) is 47.4 Å². The standard InChI is InChI=1S/C23H30FN5O3S.C2HF3O2/c1-2-27-13-15-29(16-14-27)23(30)18-3-8-22(28-11-9-25-10-12-28)21(17-18)26-33(31,32)20-6-4-19(24)5-7-20;3-2(4,5)1(6)7/h3-8,17,25-26H,2,9-16H2,1H3;(H,6,7). The number of alkyl halides is 3. The van der Waals surface area contributed by atoms with E-state index in [0.717, 1.165) is 63.6 Å². The van der Waals surface area contributed by atoms with Gasteiger partial charge in [-0.1, -0.05) is 6.92 Å². The summed E-state index contributed by atoms with van der Waals surface area (Å²) in [5.41, 5.74) is 1.50. The third-order valence-electron chi connectivity index (χ3n) is 6.42. The lowest BCUT2D eigenvalue weighted by molar-refractivity contribution is -0.192. The fourth-order valence-corrected chi connectivity index (χ4v) is 5.26. The van der Waals surface area contributed by atoms with Crippen LogP contribution in [0.4, 0.5) is 28.9 Å². The minimum absolute atomic E-state index is 0.0393. The highest BCUT2D eigenvalue weighted by molar-refractivity contribution is 7.92. The first-order valence-electron chi connectivity index (χ1n) is 12.5. The number of carboxylic acids is 1. The number of carbonyl (C=O) groups excluding carboxylic acids is 1. The van der Waals surface area contributed by atoms with Crippen molar-refractivity contribution in [3.8, 4) is 0 Å². The highest BCUT2D eigenvalue weighted by Gasteiger charge is 2.38. The summed E-state index contributed by atoms with van der Waals surface area (Å²) in [7, 11) is -3.96. The molecule has 2 aliphatic heterocycles. The van der Waals surface area contributed by atoms with Gasteiger partial charge >= 0.3 is 12.1 Å². The molecule has 0 atom stereocenters. The minimum atomic E-state index is -5.08. The van der Waals surface area contributed by atoms with Crippen LogP contribution in [-0.2, 0) is 14.8 Å². The molecule has 4 rings (SSSR count). The number of carboxylic acid groups (broad SMARTS) is 1. The number of nitrogens with zero attached hydrogens (tertiary/aromatic N) is 3. The van der Waals surface area contributed by atoms with E-state index < -0.39 is 28.0 Å². The molecule has 0 unspecified atom stereocenters. The number of amides is 1. The lowest BCUT2D eigenvalue weighted by Crippen LogP contribution is -2.48. The number of piperazine rings is 2. The van der Waals surface area contributed by atoms with E-state index in [1.807, 2.05) is 11.0 Å². The summed E-state index contributed by atoms with van der Waals surface area (Å²) in [5.74, 6) is -3.38. The van der Waals surface area contributed by atoms with E-state index >= 15 is 0 Å². The van der Waals surface area contributed by atoms with Gasteiger partial charge in [-0.15, -0.1) is 0 Å². The fourth-order valence-electron chi connectivity index (χ4n) is 4.20. The zero-order valence-electron chi connectivity index (χ0n) is 21.7. The predicted octanol–water partition coefficient (Wildman–Crippen LogP) is 2.45. The van der Waals surface area contributed by atoms with Crippen LogP contribution in [0, 0.1) is 5.82 Å². The van der Waals surface area contributed by atoms with Crippen LogP contribution in [0.3, 0.4) is 0 Å². The molecule has 2 aromatic rings. The number of rotatable bonds is 6. The average Bonchev–Trinajstić information content (AvgIpc) is 2.93. The van der Waals surface area contributed by atoms with E-state index in [1.165, 1.54) is 12.1 Å². The Morgan fingerprint density at radius 3 is 2.08 bits per heavy atom. The number of halogens is 4. The van der Waals surface area contributed by atoms with Crippen molar-refractivity contribution in [1.82, 2.24) is 15.1 Å². The fraction of sp³-hybridized carbons (Fsp3) is 0.440. The van der Waals surface area contributed by atoms with E-state index in [9.17, 15) is 30.8 Å². The quantitative estimate of drug-likeness (QED) is 0.440. The minimum Gasteiger partial charge on any atom is -0.475 e. The van der Waals surface area contributed by atoms with Gasteiger partial charge in [-0.05, 0) is 49.0 Å². The number of benzene rings is 2. The van der Waals surface area contributed by atoms with Gasteiger partial charge in [-0.3, -0.25) is 9.52 Å². The number of sulfonamides is 1. The lowest BCUT2D eigenvalue weighted by atomic mass is 10.1. The van der Waals surface area contributed by atoms with Crippen molar-refractivity contribution < 1.29 is 40.7 Å². The molecular formula is C25H31F4N5O5S. The number of nitrogens with one attached hydrogen (secondary N) is 2. The van der Waals surface area contributed by atoms with Crippen LogP contribution in [0.5, 0.6) is 0 Å². The number of hydrogen-bond donors (Lipinski definition) is 3. The molecule has 2 heterocycles. The number of aliphatic carboxylic acids is 1. The van der Waals surface area contributed by atoms with Crippen LogP contribution in [0.25, 0.3) is 0 Å². The van der Waals surface area contributed by atoms with Gasteiger partial charge in [0.2, 0.25) is 0 Å². The molecule has 10 nitrogen and oxygen atoms in total. The molecule has 2 aromatic carbocycles. The smallest absolute Gasteiger partial charge is 0.475 e. The summed E-state index contributed by atoms with van der Waals surface area (Å²) >= 11 is 0. The third kappa shape index (κ3) is 8.29. The SMILES string of the molecule is CCN1CCN(C(=O)c2ccc(N3CCNCC3)c(NS(=O)(=O)c3ccc(F)cc3)c2)CC1.O=C(O)C(F)(F)F. The maximum absolute atomic E-state index is 13.3. The van der Waals surface area contributed by atoms with Gasteiger partial charge in [0.15, 0.2) is 0 Å². The Morgan fingerprint density at radius 2 is 1.55 bits per heavy atom. The van der Waals surface area contributed by atoms with Crippen molar-refractivity contribution in [3.63, 3.8) is 0 Å². The molecule has 0 aromatic heterocycles. The zero-order valence-corrected chi connectivity index (χ0v) is 22.6. The number of likely N-dealkylation sites (N-methyl/N-ethyl adjacent to an activating group) is 1. The van der Waals surface area contributed by atoms with Gasteiger partial charge in [0, 0.05) is 57.9 Å². The molecule has 0 bridgehead atoms. The Balaban J connectivity index is 0.000000559. The van der Waals surface area contributed by atoms with Crippen LogP contribution in [0.2, 0.25) is 0 Å². The van der Waals surface area contributed by atoms with E-state index in [-0.39, 0.29) is 10.8 Å². The summed E-state index contributed by atoms with van der Waals surface area (Å²) in [4.78, 5) is 28.2. The Morgan fingerprint density at radius 1 is 0.975 bits per heavy atom. The molecule has 40 heavy (non-hydrogen) atoms. The van der Waals surface area contributed by atoms with Crippen molar-refractivity contribution >= 4 is 33.3 Å². The lowest BCUT2D eigenvalue weighted by Gasteiger charge is -2.34. The Labute approximate surface area is 229 Å². The number of anilines is 2. The van der Waals surface area contributed by atoms with Gasteiger partial charge in [-0.2, -0.15) is 13.2 Å². The molecule has 2 fully saturated rings. The largest absolute Gasteiger partial charge is 0.490 e. The Kier molecular flexibility index (Phi) is 10.3. The number of hydrogen-bond acceptors (Lipinski definition) is 7.